The van der Waals surface area contributed by atoms with Crippen molar-refractivity contribution in [1.29, 1.82) is 0 Å². The zero-order valence-corrected chi connectivity index (χ0v) is 15.4. The summed E-state index contributed by atoms with van der Waals surface area (Å²) in [6.45, 7) is 6.56. The number of ketones is 1. The molecule has 0 saturated carbocycles. The normalized spacial score (nSPS) is 11.9. The number of Topliss-reactive ketones (excluding diaryl/α,β-unsaturated/α-hetero) is 1. The molecule has 0 fully saturated rings. The SMILES string of the molecule is CCCc1c(OC(C)CCSN(O)C(C)=O)ccc(C(C)=O)c1O. The highest BCUT2D eigenvalue weighted by Crippen LogP contribution is 2.33. The molecule has 0 aliphatic carbocycles. The molecule has 1 aromatic rings. The van der Waals surface area contributed by atoms with Crippen molar-refractivity contribution in [3.8, 4) is 11.5 Å². The van der Waals surface area contributed by atoms with E-state index >= 15 is 0 Å². The maximum Gasteiger partial charge on any atom is 0.253 e. The third-order valence-electron chi connectivity index (χ3n) is 3.45. The minimum absolute atomic E-state index is 0.0125. The Kier molecular flexibility index (Phi) is 8.07. The molecule has 0 aliphatic rings. The molecule has 6 nitrogen and oxygen atoms in total. The highest BCUT2D eigenvalue weighted by atomic mass is 32.2. The fourth-order valence-corrected chi connectivity index (χ4v) is 2.97. The molecule has 0 heterocycles. The lowest BCUT2D eigenvalue weighted by Crippen LogP contribution is -2.19. The van der Waals surface area contributed by atoms with Crippen molar-refractivity contribution in [3.05, 3.63) is 23.3 Å². The van der Waals surface area contributed by atoms with E-state index in [0.29, 0.717) is 39.9 Å². The summed E-state index contributed by atoms with van der Waals surface area (Å²) >= 11 is 1.01. The van der Waals surface area contributed by atoms with Crippen LogP contribution in [-0.2, 0) is 11.2 Å². The number of hydrogen-bond acceptors (Lipinski definition) is 6. The van der Waals surface area contributed by atoms with Gasteiger partial charge in [0.25, 0.3) is 5.91 Å². The summed E-state index contributed by atoms with van der Waals surface area (Å²) in [5.74, 6) is 0.445. The van der Waals surface area contributed by atoms with Crippen LogP contribution in [0.4, 0.5) is 0 Å². The van der Waals surface area contributed by atoms with E-state index in [2.05, 4.69) is 0 Å². The van der Waals surface area contributed by atoms with Gasteiger partial charge in [-0.25, -0.2) is 0 Å². The summed E-state index contributed by atoms with van der Waals surface area (Å²) in [4.78, 5) is 22.5. The summed E-state index contributed by atoms with van der Waals surface area (Å²) in [5, 5.41) is 19.6. The molecular formula is C17H25NO5S. The summed E-state index contributed by atoms with van der Waals surface area (Å²) < 4.78 is 6.49. The van der Waals surface area contributed by atoms with Crippen molar-refractivity contribution >= 4 is 23.6 Å². The maximum absolute atomic E-state index is 11.6. The zero-order valence-electron chi connectivity index (χ0n) is 14.5. The van der Waals surface area contributed by atoms with Crippen molar-refractivity contribution in [3.63, 3.8) is 0 Å². The Morgan fingerprint density at radius 1 is 1.33 bits per heavy atom. The van der Waals surface area contributed by atoms with Crippen LogP contribution in [0.3, 0.4) is 0 Å². The largest absolute Gasteiger partial charge is 0.507 e. The monoisotopic (exact) mass is 355 g/mol. The van der Waals surface area contributed by atoms with E-state index in [1.807, 2.05) is 13.8 Å². The van der Waals surface area contributed by atoms with E-state index in [4.69, 9.17) is 4.74 Å². The Balaban J connectivity index is 2.77. The zero-order chi connectivity index (χ0) is 18.3. The van der Waals surface area contributed by atoms with Gasteiger partial charge in [-0.3, -0.25) is 14.8 Å². The van der Waals surface area contributed by atoms with Gasteiger partial charge in [-0.1, -0.05) is 13.3 Å². The van der Waals surface area contributed by atoms with E-state index in [0.717, 1.165) is 18.4 Å². The second-order valence-corrected chi connectivity index (χ2v) is 6.60. The van der Waals surface area contributed by atoms with Crippen molar-refractivity contribution in [2.24, 2.45) is 0 Å². The van der Waals surface area contributed by atoms with E-state index < -0.39 is 5.91 Å². The number of aromatic hydroxyl groups is 1. The molecular weight excluding hydrogens is 330 g/mol. The molecule has 1 rings (SSSR count). The summed E-state index contributed by atoms with van der Waals surface area (Å²) in [5.41, 5.74) is 0.934. The number of phenols is 1. The lowest BCUT2D eigenvalue weighted by Gasteiger charge is -2.19. The lowest BCUT2D eigenvalue weighted by molar-refractivity contribution is -0.141. The number of rotatable bonds is 9. The predicted molar refractivity (Wildman–Crippen MR) is 93.6 cm³/mol. The number of nitrogens with zero attached hydrogens (tertiary/aromatic N) is 1. The number of ether oxygens (including phenoxy) is 1. The average Bonchev–Trinajstić information content (AvgIpc) is 2.50. The topological polar surface area (TPSA) is 87.1 Å². The van der Waals surface area contributed by atoms with Gasteiger partial charge in [-0.2, -0.15) is 4.47 Å². The minimum atomic E-state index is -0.427. The molecule has 0 bridgehead atoms. The minimum Gasteiger partial charge on any atom is -0.507 e. The molecule has 0 radical (unpaired) electrons. The van der Waals surface area contributed by atoms with Gasteiger partial charge in [0, 0.05) is 18.2 Å². The van der Waals surface area contributed by atoms with Crippen LogP contribution in [0.5, 0.6) is 11.5 Å². The molecule has 134 valence electrons. The smallest absolute Gasteiger partial charge is 0.253 e. The fourth-order valence-electron chi connectivity index (χ4n) is 2.18. The lowest BCUT2D eigenvalue weighted by atomic mass is 10.0. The molecule has 2 N–H and O–H groups in total. The van der Waals surface area contributed by atoms with Crippen molar-refractivity contribution in [2.75, 3.05) is 5.75 Å². The third kappa shape index (κ3) is 5.72. The molecule has 1 aromatic carbocycles. The Labute approximate surface area is 146 Å². The van der Waals surface area contributed by atoms with Crippen LogP contribution in [0, 0.1) is 0 Å². The number of phenolic OH excluding ortho intramolecular Hbond substituents is 1. The first-order chi connectivity index (χ1) is 11.3. The van der Waals surface area contributed by atoms with E-state index in [1.165, 1.54) is 13.8 Å². The van der Waals surface area contributed by atoms with Crippen LogP contribution >= 0.6 is 11.9 Å². The maximum atomic E-state index is 11.6. The highest BCUT2D eigenvalue weighted by molar-refractivity contribution is 7.97. The number of hydroxylamine groups is 1. The number of hydrogen-bond donors (Lipinski definition) is 2. The van der Waals surface area contributed by atoms with Gasteiger partial charge in [0.1, 0.15) is 11.5 Å². The van der Waals surface area contributed by atoms with Gasteiger partial charge in [0.2, 0.25) is 0 Å². The highest BCUT2D eigenvalue weighted by Gasteiger charge is 2.17. The number of carbonyl (C=O) groups is 2. The first-order valence-corrected chi connectivity index (χ1v) is 8.87. The second-order valence-electron chi connectivity index (χ2n) is 5.59. The molecule has 0 spiro atoms. The first kappa shape index (κ1) is 20.3. The standard InChI is InChI=1S/C17H25NO5S/c1-5-6-15-16(8-7-14(12(3)19)17(15)21)23-11(2)9-10-24-18(22)13(4)20/h7-8,11,21-22H,5-6,9-10H2,1-4H3. The Morgan fingerprint density at radius 2 is 2.00 bits per heavy atom. The molecule has 7 heteroatoms. The average molecular weight is 355 g/mol. The van der Waals surface area contributed by atoms with Crippen molar-refractivity contribution in [2.45, 2.75) is 53.1 Å². The van der Waals surface area contributed by atoms with Crippen molar-refractivity contribution < 1.29 is 24.6 Å². The fraction of sp³-hybridized carbons (Fsp3) is 0.529. The Morgan fingerprint density at radius 3 is 2.54 bits per heavy atom. The van der Waals surface area contributed by atoms with Gasteiger partial charge in [-0.15, -0.1) is 0 Å². The van der Waals surface area contributed by atoms with Crippen LogP contribution < -0.4 is 4.74 Å². The molecule has 0 aromatic heterocycles. The predicted octanol–water partition coefficient (Wildman–Crippen LogP) is 3.59. The molecule has 24 heavy (non-hydrogen) atoms. The third-order valence-corrected chi connectivity index (χ3v) is 4.37. The Bertz CT molecular complexity index is 591. The number of carbonyl (C=O) groups excluding carboxylic acids is 2. The summed E-state index contributed by atoms with van der Waals surface area (Å²) in [7, 11) is 0. The quantitative estimate of drug-likeness (QED) is 0.305. The van der Waals surface area contributed by atoms with Gasteiger partial charge in [-0.05, 0) is 50.8 Å². The van der Waals surface area contributed by atoms with E-state index in [9.17, 15) is 19.9 Å². The van der Waals surface area contributed by atoms with Gasteiger partial charge < -0.3 is 9.84 Å². The second kappa shape index (κ2) is 9.54. The van der Waals surface area contributed by atoms with Crippen LogP contribution in [-0.4, -0.2) is 38.3 Å². The molecule has 1 unspecified atom stereocenters. The summed E-state index contributed by atoms with van der Waals surface area (Å²) in [6.07, 6.45) is 1.86. The van der Waals surface area contributed by atoms with Gasteiger partial charge in [0.05, 0.1) is 11.7 Å². The number of benzene rings is 1. The van der Waals surface area contributed by atoms with Crippen molar-refractivity contribution in [1.82, 2.24) is 4.47 Å². The molecule has 1 amide bonds. The van der Waals surface area contributed by atoms with Crippen LogP contribution in [0.15, 0.2) is 12.1 Å². The number of amides is 1. The van der Waals surface area contributed by atoms with Crippen LogP contribution in [0.25, 0.3) is 0 Å². The van der Waals surface area contributed by atoms with Gasteiger partial charge >= 0.3 is 0 Å². The van der Waals surface area contributed by atoms with E-state index in [1.54, 1.807) is 12.1 Å². The molecule has 1 atom stereocenters. The Hall–Kier alpha value is -1.73. The van der Waals surface area contributed by atoms with Crippen LogP contribution in [0.2, 0.25) is 0 Å². The molecule has 0 saturated heterocycles. The molecule has 0 aliphatic heterocycles. The van der Waals surface area contributed by atoms with Gasteiger partial charge in [0.15, 0.2) is 5.78 Å². The van der Waals surface area contributed by atoms with Crippen LogP contribution in [0.1, 0.15) is 56.5 Å². The summed E-state index contributed by atoms with van der Waals surface area (Å²) in [6, 6.07) is 3.28. The first-order valence-electron chi connectivity index (χ1n) is 7.92. The van der Waals surface area contributed by atoms with E-state index in [-0.39, 0.29) is 17.6 Å².